The van der Waals surface area contributed by atoms with E-state index in [1.165, 1.54) is 0 Å². The Morgan fingerprint density at radius 2 is 2.09 bits per heavy atom. The van der Waals surface area contributed by atoms with Gasteiger partial charge in [-0.15, -0.1) is 0 Å². The van der Waals surface area contributed by atoms with Crippen LogP contribution in [0.15, 0.2) is 18.2 Å². The van der Waals surface area contributed by atoms with E-state index in [9.17, 15) is 10.2 Å². The van der Waals surface area contributed by atoms with Gasteiger partial charge in [0.05, 0.1) is 6.10 Å². The Balaban J connectivity index is 1.77. The van der Waals surface area contributed by atoms with Crippen molar-refractivity contribution in [1.29, 1.82) is 0 Å². The number of benzene rings is 1. The predicted molar refractivity (Wildman–Crippen MR) is 88.2 cm³/mol. The summed E-state index contributed by atoms with van der Waals surface area (Å²) < 4.78 is 15.2. The molecule has 0 aliphatic heterocycles. The van der Waals surface area contributed by atoms with Gasteiger partial charge >= 0.3 is 0 Å². The van der Waals surface area contributed by atoms with E-state index < -0.39 is 6.17 Å². The summed E-state index contributed by atoms with van der Waals surface area (Å²) in [5.74, 6) is 1.26. The second kappa shape index (κ2) is 5.20. The summed E-state index contributed by atoms with van der Waals surface area (Å²) in [6.07, 6.45) is 3.07. The van der Waals surface area contributed by atoms with Gasteiger partial charge in [0, 0.05) is 5.92 Å². The second-order valence-corrected chi connectivity index (χ2v) is 8.35. The van der Waals surface area contributed by atoms with Crippen molar-refractivity contribution in [3.05, 3.63) is 29.3 Å². The van der Waals surface area contributed by atoms with Crippen LogP contribution in [0.2, 0.25) is 0 Å². The van der Waals surface area contributed by atoms with Gasteiger partial charge in [-0.1, -0.05) is 26.3 Å². The average molecular weight is 318 g/mol. The average Bonchev–Trinajstić information content (AvgIpc) is 2.75. The fourth-order valence-corrected chi connectivity index (χ4v) is 6.41. The first-order valence-corrected chi connectivity index (χ1v) is 9.08. The van der Waals surface area contributed by atoms with Gasteiger partial charge in [0.2, 0.25) is 0 Å². The molecule has 0 unspecified atom stereocenters. The lowest BCUT2D eigenvalue weighted by atomic mass is 9.53. The van der Waals surface area contributed by atoms with Crippen molar-refractivity contribution in [3.63, 3.8) is 0 Å². The summed E-state index contributed by atoms with van der Waals surface area (Å²) in [4.78, 5) is 0. The third kappa shape index (κ3) is 2.15. The van der Waals surface area contributed by atoms with Crippen LogP contribution in [0.1, 0.15) is 56.6 Å². The number of aryl methyl sites for hydroxylation is 1. The normalized spacial score (nSPS) is 45.2. The molecule has 126 valence electrons. The molecule has 0 saturated heterocycles. The molecule has 23 heavy (non-hydrogen) atoms. The van der Waals surface area contributed by atoms with Crippen molar-refractivity contribution in [1.82, 2.24) is 0 Å². The van der Waals surface area contributed by atoms with Crippen molar-refractivity contribution in [3.8, 4) is 5.75 Å². The molecule has 0 aromatic heterocycles. The Morgan fingerprint density at radius 1 is 1.30 bits per heavy atom. The van der Waals surface area contributed by atoms with E-state index in [0.29, 0.717) is 24.2 Å². The molecular weight excluding hydrogens is 291 g/mol. The number of hydrogen-bond donors (Lipinski definition) is 2. The molecule has 0 amide bonds. The van der Waals surface area contributed by atoms with E-state index in [-0.39, 0.29) is 23.2 Å². The summed E-state index contributed by atoms with van der Waals surface area (Å²) in [6.45, 7) is 4.36. The molecular formula is C20H27FO2. The quantitative estimate of drug-likeness (QED) is 0.815. The number of alkyl halides is 1. The van der Waals surface area contributed by atoms with Crippen molar-refractivity contribution in [2.45, 2.75) is 64.1 Å². The smallest absolute Gasteiger partial charge is 0.115 e. The van der Waals surface area contributed by atoms with Gasteiger partial charge in [-0.2, -0.15) is 0 Å². The number of phenolic OH excluding ortho intramolecular Hbond substituents is 1. The number of halogens is 1. The topological polar surface area (TPSA) is 40.5 Å². The lowest BCUT2D eigenvalue weighted by molar-refractivity contribution is -0.0183. The van der Waals surface area contributed by atoms with Crippen LogP contribution >= 0.6 is 0 Å². The van der Waals surface area contributed by atoms with Gasteiger partial charge in [0.15, 0.2) is 0 Å². The Morgan fingerprint density at radius 3 is 2.83 bits per heavy atom. The molecule has 1 aromatic carbocycles. The molecule has 3 heteroatoms. The maximum atomic E-state index is 15.2. The lowest BCUT2D eigenvalue weighted by Gasteiger charge is -2.52. The molecule has 2 N–H and O–H groups in total. The van der Waals surface area contributed by atoms with E-state index in [1.54, 1.807) is 6.07 Å². The number of rotatable bonds is 1. The molecule has 2 fully saturated rings. The monoisotopic (exact) mass is 318 g/mol. The van der Waals surface area contributed by atoms with Gasteiger partial charge in [-0.05, 0) is 72.1 Å². The van der Waals surface area contributed by atoms with Crippen LogP contribution in [0.4, 0.5) is 4.39 Å². The van der Waals surface area contributed by atoms with Crippen LogP contribution < -0.4 is 0 Å². The number of aliphatic hydroxyl groups excluding tert-OH is 1. The number of hydrogen-bond acceptors (Lipinski definition) is 2. The molecule has 2 nitrogen and oxygen atoms in total. The van der Waals surface area contributed by atoms with Crippen LogP contribution in [0, 0.1) is 23.2 Å². The fraction of sp³-hybridized carbons (Fsp3) is 0.700. The molecule has 0 radical (unpaired) electrons. The Kier molecular flexibility index (Phi) is 3.49. The number of fused-ring (bicyclic) bond motifs is 5. The van der Waals surface area contributed by atoms with E-state index in [1.807, 2.05) is 12.1 Å². The van der Waals surface area contributed by atoms with Gasteiger partial charge in [-0.25, -0.2) is 4.39 Å². The third-order valence-corrected chi connectivity index (χ3v) is 7.11. The summed E-state index contributed by atoms with van der Waals surface area (Å²) >= 11 is 0. The first-order chi connectivity index (χ1) is 10.9. The fourth-order valence-electron chi connectivity index (χ4n) is 6.41. The zero-order valence-electron chi connectivity index (χ0n) is 14.0. The molecule has 3 aliphatic carbocycles. The molecule has 4 rings (SSSR count). The van der Waals surface area contributed by atoms with E-state index in [0.717, 1.165) is 36.8 Å². The first kappa shape index (κ1) is 15.4. The summed E-state index contributed by atoms with van der Waals surface area (Å²) in [5, 5.41) is 20.3. The standard InChI is InChI=1S/C20H27FO2/c1-3-13-17(23)10-20(2)9-16(21)18-14-7-5-12(22)8-11(14)4-6-15(18)19(13)20/h5,7-8,13,15-19,22-23H,3-4,6,9-10H2,1-2H3/t13-,15+,16-,17-,18+,19-,20+/m0/s1. The Labute approximate surface area is 137 Å². The molecule has 2 saturated carbocycles. The van der Waals surface area contributed by atoms with E-state index in [2.05, 4.69) is 13.8 Å². The summed E-state index contributed by atoms with van der Waals surface area (Å²) in [5.41, 5.74) is 2.16. The van der Waals surface area contributed by atoms with Gasteiger partial charge in [0.25, 0.3) is 0 Å². The van der Waals surface area contributed by atoms with Crippen molar-refractivity contribution >= 4 is 0 Å². The maximum absolute atomic E-state index is 15.2. The molecule has 3 aliphatic rings. The van der Waals surface area contributed by atoms with Crippen molar-refractivity contribution < 1.29 is 14.6 Å². The Bertz CT molecular complexity index is 616. The number of phenols is 1. The highest BCUT2D eigenvalue weighted by atomic mass is 19.1. The van der Waals surface area contributed by atoms with Crippen molar-refractivity contribution in [2.24, 2.45) is 23.2 Å². The third-order valence-electron chi connectivity index (χ3n) is 7.11. The molecule has 0 bridgehead atoms. The highest BCUT2D eigenvalue weighted by Gasteiger charge is 2.59. The minimum absolute atomic E-state index is 0.0585. The Hall–Kier alpha value is -1.09. The van der Waals surface area contributed by atoms with Crippen LogP contribution in [-0.2, 0) is 6.42 Å². The first-order valence-electron chi connectivity index (χ1n) is 9.08. The summed E-state index contributed by atoms with van der Waals surface area (Å²) in [7, 11) is 0. The molecule has 7 atom stereocenters. The summed E-state index contributed by atoms with van der Waals surface area (Å²) in [6, 6.07) is 5.44. The van der Waals surface area contributed by atoms with E-state index >= 15 is 4.39 Å². The minimum Gasteiger partial charge on any atom is -0.508 e. The van der Waals surface area contributed by atoms with Crippen LogP contribution in [0.25, 0.3) is 0 Å². The lowest BCUT2D eigenvalue weighted by Crippen LogP contribution is -2.47. The predicted octanol–water partition coefficient (Wildman–Crippen LogP) is 4.19. The van der Waals surface area contributed by atoms with Crippen LogP contribution in [0.5, 0.6) is 5.75 Å². The van der Waals surface area contributed by atoms with E-state index in [4.69, 9.17) is 0 Å². The SMILES string of the molecule is CC[C@@H]1[C@H]2[C@@H]3CCc4cc(O)ccc4[C@H]3[C@@H](F)C[C@]2(C)C[C@@H]1O. The van der Waals surface area contributed by atoms with Gasteiger partial charge in [-0.3, -0.25) is 0 Å². The second-order valence-electron chi connectivity index (χ2n) is 8.35. The zero-order chi connectivity index (χ0) is 16.4. The highest BCUT2D eigenvalue weighted by Crippen LogP contribution is 2.63. The molecule has 0 heterocycles. The van der Waals surface area contributed by atoms with Crippen molar-refractivity contribution in [2.75, 3.05) is 0 Å². The number of aliphatic hydroxyl groups is 1. The molecule has 1 aromatic rings. The zero-order valence-corrected chi connectivity index (χ0v) is 14.0. The van der Waals surface area contributed by atoms with Gasteiger partial charge < -0.3 is 10.2 Å². The molecule has 0 spiro atoms. The van der Waals surface area contributed by atoms with Gasteiger partial charge in [0.1, 0.15) is 11.9 Å². The van der Waals surface area contributed by atoms with Crippen LogP contribution in [-0.4, -0.2) is 22.5 Å². The maximum Gasteiger partial charge on any atom is 0.115 e. The largest absolute Gasteiger partial charge is 0.508 e. The number of aromatic hydroxyl groups is 1. The minimum atomic E-state index is -0.840. The highest BCUT2D eigenvalue weighted by molar-refractivity contribution is 5.41. The van der Waals surface area contributed by atoms with Crippen LogP contribution in [0.3, 0.4) is 0 Å².